The molecule has 2 aliphatic rings. The van der Waals surface area contributed by atoms with Crippen LogP contribution in [0.15, 0.2) is 121 Å². The standard InChI is InChI=1S/C20H20.C16H20.C2H6/c1-16-13-14-18(17-9-5-3-6-10-17)15-20(16,2)19-11-7-4-8-12-19;1-12-7-5-6-8-14(12)15-9-10-16(3,4)11-13(15)2;1-2/h3-16H,1-2H3;5-9,11H,10H2,1-4H3;1-2H3. The van der Waals surface area contributed by atoms with Gasteiger partial charge in [0.15, 0.2) is 0 Å². The molecule has 0 bridgehead atoms. The van der Waals surface area contributed by atoms with Gasteiger partial charge in [-0.2, -0.15) is 0 Å². The lowest BCUT2D eigenvalue weighted by Crippen LogP contribution is -2.29. The van der Waals surface area contributed by atoms with Crippen LogP contribution in [0.3, 0.4) is 0 Å². The highest BCUT2D eigenvalue weighted by atomic mass is 14.3. The van der Waals surface area contributed by atoms with Gasteiger partial charge in [-0.3, -0.25) is 0 Å². The molecule has 3 aromatic carbocycles. The molecule has 0 saturated heterocycles. The van der Waals surface area contributed by atoms with Crippen LogP contribution in [-0.4, -0.2) is 0 Å². The van der Waals surface area contributed by atoms with E-state index in [1.54, 1.807) is 0 Å². The van der Waals surface area contributed by atoms with Crippen molar-refractivity contribution in [3.05, 3.63) is 143 Å². The molecule has 2 aliphatic carbocycles. The van der Waals surface area contributed by atoms with Gasteiger partial charge in [0.25, 0.3) is 0 Å². The summed E-state index contributed by atoms with van der Waals surface area (Å²) in [6, 6.07) is 30.0. The molecule has 0 heterocycles. The van der Waals surface area contributed by atoms with Gasteiger partial charge in [0.05, 0.1) is 0 Å². The van der Waals surface area contributed by atoms with Gasteiger partial charge in [-0.25, -0.2) is 0 Å². The van der Waals surface area contributed by atoms with Crippen LogP contribution in [0.5, 0.6) is 0 Å². The van der Waals surface area contributed by atoms with E-state index in [0.29, 0.717) is 11.3 Å². The zero-order valence-electron chi connectivity index (χ0n) is 24.8. The Morgan fingerprint density at radius 3 is 1.89 bits per heavy atom. The Labute approximate surface area is 232 Å². The summed E-state index contributed by atoms with van der Waals surface area (Å²) in [5, 5.41) is 0. The quantitative estimate of drug-likeness (QED) is 0.334. The highest BCUT2D eigenvalue weighted by Gasteiger charge is 2.32. The van der Waals surface area contributed by atoms with E-state index < -0.39 is 0 Å². The van der Waals surface area contributed by atoms with Gasteiger partial charge in [0, 0.05) is 5.41 Å². The van der Waals surface area contributed by atoms with E-state index in [1.165, 1.54) is 39.0 Å². The van der Waals surface area contributed by atoms with E-state index >= 15 is 0 Å². The number of aryl methyl sites for hydroxylation is 1. The average Bonchev–Trinajstić information content (AvgIpc) is 2.93. The first-order valence-electron chi connectivity index (χ1n) is 14.2. The Bertz CT molecular complexity index is 1300. The third-order valence-corrected chi connectivity index (χ3v) is 7.77. The van der Waals surface area contributed by atoms with Crippen LogP contribution >= 0.6 is 0 Å². The molecule has 0 saturated carbocycles. The summed E-state index contributed by atoms with van der Waals surface area (Å²) in [6.07, 6.45) is 12.9. The lowest BCUT2D eigenvalue weighted by molar-refractivity contribution is 0.459. The summed E-state index contributed by atoms with van der Waals surface area (Å²) >= 11 is 0. The summed E-state index contributed by atoms with van der Waals surface area (Å²) in [5.74, 6) is 0.498. The average molecular weight is 503 g/mol. The van der Waals surface area contributed by atoms with Crippen LogP contribution in [0.1, 0.15) is 77.1 Å². The smallest absolute Gasteiger partial charge is 0.0173 e. The fraction of sp³-hybridized carbons (Fsp3) is 0.316. The van der Waals surface area contributed by atoms with Crippen LogP contribution in [0.2, 0.25) is 0 Å². The summed E-state index contributed by atoms with van der Waals surface area (Å²) in [4.78, 5) is 0. The fourth-order valence-corrected chi connectivity index (χ4v) is 5.35. The zero-order valence-corrected chi connectivity index (χ0v) is 24.8. The van der Waals surface area contributed by atoms with E-state index in [2.05, 4.69) is 157 Å². The normalized spacial score (nSPS) is 21.5. The minimum Gasteiger partial charge on any atom is -0.0799 e. The van der Waals surface area contributed by atoms with E-state index in [0.717, 1.165) is 6.42 Å². The maximum Gasteiger partial charge on any atom is 0.0173 e. The molecule has 2 atom stereocenters. The molecule has 0 nitrogen and oxygen atoms in total. The molecule has 38 heavy (non-hydrogen) atoms. The van der Waals surface area contributed by atoms with Crippen molar-refractivity contribution in [1.82, 2.24) is 0 Å². The van der Waals surface area contributed by atoms with Crippen LogP contribution in [0.25, 0.3) is 11.1 Å². The summed E-state index contributed by atoms with van der Waals surface area (Å²) in [6.45, 7) is 17.6. The lowest BCUT2D eigenvalue weighted by Gasteiger charge is -2.35. The zero-order chi connectivity index (χ0) is 27.8. The molecule has 0 aromatic heterocycles. The van der Waals surface area contributed by atoms with Crippen LogP contribution in [0.4, 0.5) is 0 Å². The van der Waals surface area contributed by atoms with Crippen molar-refractivity contribution in [1.29, 1.82) is 0 Å². The van der Waals surface area contributed by atoms with Crippen molar-refractivity contribution in [2.45, 2.75) is 67.2 Å². The Kier molecular flexibility index (Phi) is 9.92. The first-order valence-corrected chi connectivity index (χ1v) is 14.2. The highest BCUT2D eigenvalue weighted by molar-refractivity contribution is 5.81. The maximum absolute atomic E-state index is 2.42. The Morgan fingerprint density at radius 1 is 0.711 bits per heavy atom. The largest absolute Gasteiger partial charge is 0.0799 e. The van der Waals surface area contributed by atoms with Crippen LogP contribution in [0, 0.1) is 18.3 Å². The number of hydrogen-bond acceptors (Lipinski definition) is 0. The van der Waals surface area contributed by atoms with Gasteiger partial charge in [-0.05, 0) is 70.6 Å². The number of allylic oxidation sites excluding steroid dienone is 8. The predicted molar refractivity (Wildman–Crippen MR) is 169 cm³/mol. The van der Waals surface area contributed by atoms with Crippen molar-refractivity contribution in [2.75, 3.05) is 0 Å². The number of rotatable bonds is 3. The van der Waals surface area contributed by atoms with E-state index in [9.17, 15) is 0 Å². The Morgan fingerprint density at radius 2 is 1.29 bits per heavy atom. The molecule has 0 spiro atoms. The van der Waals surface area contributed by atoms with E-state index in [-0.39, 0.29) is 5.41 Å². The minimum atomic E-state index is 0.0567. The molecule has 198 valence electrons. The molecular weight excluding hydrogens is 456 g/mol. The van der Waals surface area contributed by atoms with Gasteiger partial charge < -0.3 is 0 Å². The van der Waals surface area contributed by atoms with Gasteiger partial charge in [0.2, 0.25) is 0 Å². The second-order valence-corrected chi connectivity index (χ2v) is 11.2. The first kappa shape index (κ1) is 29.2. The van der Waals surface area contributed by atoms with Crippen molar-refractivity contribution in [3.63, 3.8) is 0 Å². The van der Waals surface area contributed by atoms with Crippen molar-refractivity contribution in [3.8, 4) is 0 Å². The summed E-state index contributed by atoms with van der Waals surface area (Å²) < 4.78 is 0. The lowest BCUT2D eigenvalue weighted by atomic mass is 9.68. The molecule has 0 N–H and O–H groups in total. The maximum atomic E-state index is 2.42. The minimum absolute atomic E-state index is 0.0567. The molecule has 3 aromatic rings. The van der Waals surface area contributed by atoms with Gasteiger partial charge >= 0.3 is 0 Å². The third-order valence-electron chi connectivity index (χ3n) is 7.77. The molecule has 0 heteroatoms. The van der Waals surface area contributed by atoms with Crippen LogP contribution < -0.4 is 0 Å². The van der Waals surface area contributed by atoms with E-state index in [1.807, 2.05) is 13.8 Å². The molecule has 0 radical (unpaired) electrons. The predicted octanol–water partition coefficient (Wildman–Crippen LogP) is 11.0. The molecule has 0 fully saturated rings. The third kappa shape index (κ3) is 6.93. The summed E-state index contributed by atoms with van der Waals surface area (Å²) in [7, 11) is 0. The molecular formula is C38H46. The Hall–Kier alpha value is -3.38. The molecule has 5 rings (SSSR count). The number of hydrogen-bond donors (Lipinski definition) is 0. The highest BCUT2D eigenvalue weighted by Crippen LogP contribution is 2.41. The number of benzene rings is 3. The monoisotopic (exact) mass is 502 g/mol. The SMILES string of the molecule is CC.CC1=CC(C)(C)CC=C1c1ccccc1C.CC1C=CC(c2ccccc2)=CC1(C)c1ccccc1. The molecule has 0 amide bonds. The fourth-order valence-electron chi connectivity index (χ4n) is 5.35. The van der Waals surface area contributed by atoms with Crippen molar-refractivity contribution >= 4 is 11.1 Å². The van der Waals surface area contributed by atoms with Gasteiger partial charge in [-0.15, -0.1) is 0 Å². The topological polar surface area (TPSA) is 0 Å². The molecule has 0 aliphatic heterocycles. The van der Waals surface area contributed by atoms with Crippen LogP contribution in [-0.2, 0) is 5.41 Å². The first-order chi connectivity index (χ1) is 18.2. The summed E-state index contributed by atoms with van der Waals surface area (Å²) in [5.41, 5.74) is 9.92. The van der Waals surface area contributed by atoms with Gasteiger partial charge in [-0.1, -0.05) is 157 Å². The van der Waals surface area contributed by atoms with E-state index in [4.69, 9.17) is 0 Å². The Balaban J connectivity index is 0.000000202. The second kappa shape index (κ2) is 12.9. The van der Waals surface area contributed by atoms with Gasteiger partial charge in [0.1, 0.15) is 0 Å². The second-order valence-electron chi connectivity index (χ2n) is 11.2. The van der Waals surface area contributed by atoms with Crippen molar-refractivity contribution in [2.24, 2.45) is 11.3 Å². The van der Waals surface area contributed by atoms with Crippen molar-refractivity contribution < 1.29 is 0 Å². The molecule has 2 unspecified atom stereocenters.